The Hall–Kier alpha value is -2.77. The Morgan fingerprint density at radius 2 is 1.90 bits per heavy atom. The molecule has 30 heavy (non-hydrogen) atoms. The molecule has 152 valence electrons. The smallest absolute Gasteiger partial charge is 0.338 e. The van der Waals surface area contributed by atoms with E-state index in [0.717, 1.165) is 15.6 Å². The number of halogens is 1. The van der Waals surface area contributed by atoms with Crippen LogP contribution in [0.25, 0.3) is 11.8 Å². The quantitative estimate of drug-likeness (QED) is 0.533. The van der Waals surface area contributed by atoms with Crippen LogP contribution in [0.5, 0.6) is 0 Å². The fourth-order valence-electron chi connectivity index (χ4n) is 3.40. The third-order valence-corrected chi connectivity index (χ3v) is 6.33. The van der Waals surface area contributed by atoms with E-state index in [0.29, 0.717) is 20.6 Å². The van der Waals surface area contributed by atoms with Gasteiger partial charge in [-0.05, 0) is 43.2 Å². The zero-order valence-electron chi connectivity index (χ0n) is 16.5. The molecule has 2 aromatic carbocycles. The van der Waals surface area contributed by atoms with E-state index in [2.05, 4.69) is 15.9 Å². The number of hydrogen-bond donors (Lipinski definition) is 0. The molecule has 0 saturated carbocycles. The van der Waals surface area contributed by atoms with Crippen molar-refractivity contribution in [1.29, 1.82) is 0 Å². The second-order valence-electron chi connectivity index (χ2n) is 6.75. The molecule has 0 aliphatic carbocycles. The summed E-state index contributed by atoms with van der Waals surface area (Å²) in [6, 6.07) is 16.8. The SMILES string of the molecule is CCOC(=O)C1=C(C)n2c(s/c(=C\c3ccccc3)c2=O)=N[C@@H]1c1ccc(Br)cc1. The first-order valence-electron chi connectivity index (χ1n) is 9.49. The van der Waals surface area contributed by atoms with Crippen LogP contribution in [-0.4, -0.2) is 17.1 Å². The molecule has 3 aromatic rings. The van der Waals surface area contributed by atoms with Gasteiger partial charge in [0.2, 0.25) is 0 Å². The molecular formula is C23H19BrN2O3S. The second kappa shape index (κ2) is 8.53. The summed E-state index contributed by atoms with van der Waals surface area (Å²) in [7, 11) is 0. The third kappa shape index (κ3) is 3.82. The lowest BCUT2D eigenvalue weighted by atomic mass is 9.97. The highest BCUT2D eigenvalue weighted by Crippen LogP contribution is 2.32. The maximum absolute atomic E-state index is 13.1. The van der Waals surface area contributed by atoms with Crippen molar-refractivity contribution in [3.05, 3.63) is 95.5 Å². The lowest BCUT2D eigenvalue weighted by Gasteiger charge is -2.22. The van der Waals surface area contributed by atoms with E-state index in [9.17, 15) is 9.59 Å². The van der Waals surface area contributed by atoms with Crippen molar-refractivity contribution >= 4 is 45.0 Å². The van der Waals surface area contributed by atoms with Crippen molar-refractivity contribution in [1.82, 2.24) is 4.57 Å². The molecule has 1 atom stereocenters. The maximum Gasteiger partial charge on any atom is 0.338 e. The normalized spacial score (nSPS) is 16.2. The Kier molecular flexibility index (Phi) is 5.83. The van der Waals surface area contributed by atoms with E-state index >= 15 is 0 Å². The molecule has 1 aliphatic rings. The molecule has 2 heterocycles. The van der Waals surface area contributed by atoms with Crippen LogP contribution in [-0.2, 0) is 9.53 Å². The first-order valence-corrected chi connectivity index (χ1v) is 11.1. The zero-order chi connectivity index (χ0) is 21.3. The van der Waals surface area contributed by atoms with Gasteiger partial charge in [-0.3, -0.25) is 9.36 Å². The van der Waals surface area contributed by atoms with Crippen molar-refractivity contribution in [3.8, 4) is 0 Å². The van der Waals surface area contributed by atoms with E-state index in [-0.39, 0.29) is 12.2 Å². The number of fused-ring (bicyclic) bond motifs is 1. The maximum atomic E-state index is 13.1. The summed E-state index contributed by atoms with van der Waals surface area (Å²) < 4.78 is 8.32. The van der Waals surface area contributed by atoms with Crippen molar-refractivity contribution in [2.24, 2.45) is 4.99 Å². The van der Waals surface area contributed by atoms with Crippen molar-refractivity contribution in [2.45, 2.75) is 19.9 Å². The fraction of sp³-hybridized carbons (Fsp3) is 0.174. The van der Waals surface area contributed by atoms with Gasteiger partial charge in [0.15, 0.2) is 4.80 Å². The van der Waals surface area contributed by atoms with Gasteiger partial charge in [0.25, 0.3) is 5.56 Å². The van der Waals surface area contributed by atoms with Gasteiger partial charge < -0.3 is 4.74 Å². The summed E-state index contributed by atoms with van der Waals surface area (Å²) in [5.74, 6) is -0.455. The lowest BCUT2D eigenvalue weighted by Crippen LogP contribution is -2.35. The van der Waals surface area contributed by atoms with Gasteiger partial charge in [0.1, 0.15) is 6.04 Å². The Morgan fingerprint density at radius 1 is 1.20 bits per heavy atom. The molecule has 0 spiro atoms. The van der Waals surface area contributed by atoms with Crippen LogP contribution in [0.2, 0.25) is 0 Å². The van der Waals surface area contributed by atoms with Gasteiger partial charge in [-0.25, -0.2) is 9.79 Å². The van der Waals surface area contributed by atoms with Crippen molar-refractivity contribution in [3.63, 3.8) is 0 Å². The number of esters is 1. The number of hydrogen-bond acceptors (Lipinski definition) is 5. The average Bonchev–Trinajstić information content (AvgIpc) is 3.05. The van der Waals surface area contributed by atoms with Gasteiger partial charge in [-0.15, -0.1) is 0 Å². The lowest BCUT2D eigenvalue weighted by molar-refractivity contribution is -0.138. The molecule has 0 unspecified atom stereocenters. The third-order valence-electron chi connectivity index (χ3n) is 4.82. The molecule has 0 amide bonds. The number of allylic oxidation sites excluding steroid dienone is 1. The molecule has 4 rings (SSSR count). The van der Waals surface area contributed by atoms with Gasteiger partial charge in [-0.2, -0.15) is 0 Å². The first-order chi connectivity index (χ1) is 14.5. The standard InChI is InChI=1S/C23H19BrN2O3S/c1-3-29-22(28)19-14(2)26-21(27)18(13-15-7-5-4-6-8-15)30-23(26)25-20(19)16-9-11-17(24)12-10-16/h4-13,20H,3H2,1-2H3/b18-13-/t20-/m1/s1. The first kappa shape index (κ1) is 20.5. The Balaban J connectivity index is 1.95. The van der Waals surface area contributed by atoms with E-state index in [1.807, 2.05) is 60.7 Å². The fourth-order valence-corrected chi connectivity index (χ4v) is 4.71. The number of carbonyl (C=O) groups excluding carboxylic acids is 1. The predicted octanol–water partition coefficient (Wildman–Crippen LogP) is 3.67. The molecule has 0 N–H and O–H groups in total. The zero-order valence-corrected chi connectivity index (χ0v) is 18.9. The number of carbonyl (C=O) groups is 1. The van der Waals surface area contributed by atoms with Crippen LogP contribution >= 0.6 is 27.3 Å². The number of nitrogens with zero attached hydrogens (tertiary/aromatic N) is 2. The number of ether oxygens (including phenoxy) is 1. The Morgan fingerprint density at radius 3 is 2.57 bits per heavy atom. The predicted molar refractivity (Wildman–Crippen MR) is 122 cm³/mol. The highest BCUT2D eigenvalue weighted by atomic mass is 79.9. The minimum absolute atomic E-state index is 0.184. The summed E-state index contributed by atoms with van der Waals surface area (Å²) in [6.07, 6.45) is 1.85. The van der Waals surface area contributed by atoms with Crippen molar-refractivity contribution in [2.75, 3.05) is 6.61 Å². The highest BCUT2D eigenvalue weighted by Gasteiger charge is 2.31. The summed E-state index contributed by atoms with van der Waals surface area (Å²) >= 11 is 4.76. The van der Waals surface area contributed by atoms with Crippen LogP contribution in [0.4, 0.5) is 0 Å². The Labute approximate surface area is 185 Å². The second-order valence-corrected chi connectivity index (χ2v) is 8.67. The minimum Gasteiger partial charge on any atom is -0.463 e. The Bertz CT molecular complexity index is 1310. The van der Waals surface area contributed by atoms with Crippen LogP contribution < -0.4 is 14.9 Å². The summed E-state index contributed by atoms with van der Waals surface area (Å²) in [5, 5.41) is 0. The highest BCUT2D eigenvalue weighted by molar-refractivity contribution is 9.10. The molecule has 0 radical (unpaired) electrons. The number of benzene rings is 2. The van der Waals surface area contributed by atoms with Gasteiger partial charge in [-0.1, -0.05) is 69.7 Å². The van der Waals surface area contributed by atoms with E-state index < -0.39 is 12.0 Å². The molecular weight excluding hydrogens is 464 g/mol. The largest absolute Gasteiger partial charge is 0.463 e. The topological polar surface area (TPSA) is 60.7 Å². The summed E-state index contributed by atoms with van der Waals surface area (Å²) in [4.78, 5) is 31.3. The number of rotatable bonds is 4. The summed E-state index contributed by atoms with van der Waals surface area (Å²) in [5.41, 5.74) is 2.56. The van der Waals surface area contributed by atoms with Crippen LogP contribution in [0, 0.1) is 0 Å². The van der Waals surface area contributed by atoms with E-state index in [4.69, 9.17) is 9.73 Å². The minimum atomic E-state index is -0.528. The van der Waals surface area contributed by atoms with Crippen LogP contribution in [0.3, 0.4) is 0 Å². The molecule has 0 saturated heterocycles. The molecule has 5 nitrogen and oxygen atoms in total. The van der Waals surface area contributed by atoms with Crippen LogP contribution in [0.1, 0.15) is 31.0 Å². The number of aromatic nitrogens is 1. The molecule has 1 aromatic heterocycles. The molecule has 7 heteroatoms. The van der Waals surface area contributed by atoms with Crippen LogP contribution in [0.15, 0.2) is 74.4 Å². The average molecular weight is 483 g/mol. The van der Waals surface area contributed by atoms with E-state index in [1.54, 1.807) is 13.8 Å². The van der Waals surface area contributed by atoms with E-state index in [1.165, 1.54) is 15.9 Å². The van der Waals surface area contributed by atoms with Gasteiger partial charge in [0, 0.05) is 10.2 Å². The molecule has 1 aliphatic heterocycles. The summed E-state index contributed by atoms with van der Waals surface area (Å²) in [6.45, 7) is 3.79. The van der Waals surface area contributed by atoms with Crippen molar-refractivity contribution < 1.29 is 9.53 Å². The monoisotopic (exact) mass is 482 g/mol. The van der Waals surface area contributed by atoms with Gasteiger partial charge >= 0.3 is 5.97 Å². The van der Waals surface area contributed by atoms with Gasteiger partial charge in [0.05, 0.1) is 16.7 Å². The molecule has 0 bridgehead atoms. The number of thiazole rings is 1. The molecule has 0 fully saturated rings.